The van der Waals surface area contributed by atoms with E-state index >= 15 is 0 Å². The Labute approximate surface area is 93.4 Å². The first-order valence-electron chi connectivity index (χ1n) is 5.04. The van der Waals surface area contributed by atoms with Gasteiger partial charge in [0.2, 0.25) is 0 Å². The zero-order valence-electron chi connectivity index (χ0n) is 9.12. The number of nitrogens with two attached hydrogens (primary N) is 2. The molecule has 0 aliphatic carbocycles. The van der Waals surface area contributed by atoms with Crippen LogP contribution in [0, 0.1) is 0 Å². The average Bonchev–Trinajstić information content (AvgIpc) is 2.25. The number of halogens is 2. The van der Waals surface area contributed by atoms with E-state index in [-0.39, 0.29) is 6.04 Å². The van der Waals surface area contributed by atoms with Crippen molar-refractivity contribution in [3.8, 4) is 5.75 Å². The van der Waals surface area contributed by atoms with Crippen molar-refractivity contribution in [1.29, 1.82) is 0 Å². The van der Waals surface area contributed by atoms with Crippen molar-refractivity contribution in [1.82, 2.24) is 0 Å². The molecule has 0 spiro atoms. The fraction of sp³-hybridized carbons (Fsp3) is 0.455. The molecule has 0 fully saturated rings. The van der Waals surface area contributed by atoms with Gasteiger partial charge in [-0.05, 0) is 30.2 Å². The minimum Gasteiger partial charge on any atom is -0.488 e. The summed E-state index contributed by atoms with van der Waals surface area (Å²) in [6.45, 7) is 1.57. The number of hydrogen-bond donors (Lipinski definition) is 2. The van der Waals surface area contributed by atoms with Gasteiger partial charge in [0, 0.05) is 12.6 Å². The Kier molecular flexibility index (Phi) is 4.64. The summed E-state index contributed by atoms with van der Waals surface area (Å²) < 4.78 is 28.8. The third kappa shape index (κ3) is 3.43. The molecule has 0 aromatic heterocycles. The van der Waals surface area contributed by atoms with E-state index in [2.05, 4.69) is 0 Å². The zero-order valence-corrected chi connectivity index (χ0v) is 9.12. The summed E-state index contributed by atoms with van der Waals surface area (Å²) in [6.07, 6.45) is -2.48. The van der Waals surface area contributed by atoms with E-state index in [0.717, 1.165) is 11.1 Å². The Morgan fingerprint density at radius 1 is 1.38 bits per heavy atom. The first-order valence-corrected chi connectivity index (χ1v) is 5.04. The molecule has 1 aromatic carbocycles. The minimum absolute atomic E-state index is 0.200. The minimum atomic E-state index is -2.48. The molecule has 0 saturated carbocycles. The van der Waals surface area contributed by atoms with Crippen LogP contribution in [0.4, 0.5) is 8.78 Å². The van der Waals surface area contributed by atoms with E-state index < -0.39 is 13.0 Å². The van der Waals surface area contributed by atoms with Crippen LogP contribution in [-0.4, -0.2) is 13.0 Å². The molecule has 1 rings (SSSR count). The summed E-state index contributed by atoms with van der Waals surface area (Å²) in [7, 11) is 0. The van der Waals surface area contributed by atoms with Crippen molar-refractivity contribution < 1.29 is 13.5 Å². The molecule has 0 aliphatic rings. The molecule has 1 aromatic rings. The van der Waals surface area contributed by atoms with Crippen LogP contribution in [0.3, 0.4) is 0 Å². The lowest BCUT2D eigenvalue weighted by Crippen LogP contribution is -2.12. The Morgan fingerprint density at radius 3 is 2.56 bits per heavy atom. The predicted octanol–water partition coefficient (Wildman–Crippen LogP) is 1.81. The van der Waals surface area contributed by atoms with Crippen LogP contribution in [0.2, 0.25) is 0 Å². The topological polar surface area (TPSA) is 61.3 Å². The number of ether oxygens (including phenoxy) is 1. The molecule has 1 atom stereocenters. The molecule has 90 valence electrons. The standard InChI is InChI=1S/C11H16F2N2O/c1-7(15)10-4-9(16-6-11(12)13)3-2-8(10)5-14/h2-4,7,11H,5-6,14-15H2,1H3. The van der Waals surface area contributed by atoms with Crippen LogP contribution in [0.5, 0.6) is 5.75 Å². The molecule has 3 nitrogen and oxygen atoms in total. The van der Waals surface area contributed by atoms with Crippen molar-refractivity contribution in [3.63, 3.8) is 0 Å². The molecule has 5 heteroatoms. The van der Waals surface area contributed by atoms with Gasteiger partial charge in [0.15, 0.2) is 0 Å². The van der Waals surface area contributed by atoms with Crippen LogP contribution in [0.15, 0.2) is 18.2 Å². The number of alkyl halides is 2. The second-order valence-electron chi connectivity index (χ2n) is 3.56. The number of rotatable bonds is 5. The van der Waals surface area contributed by atoms with Crippen LogP contribution in [0.25, 0.3) is 0 Å². The second kappa shape index (κ2) is 5.77. The monoisotopic (exact) mass is 230 g/mol. The maximum absolute atomic E-state index is 12.0. The van der Waals surface area contributed by atoms with Crippen molar-refractivity contribution in [2.75, 3.05) is 6.61 Å². The van der Waals surface area contributed by atoms with Crippen molar-refractivity contribution >= 4 is 0 Å². The summed E-state index contributed by atoms with van der Waals surface area (Å²) in [4.78, 5) is 0. The Morgan fingerprint density at radius 2 is 2.06 bits per heavy atom. The first kappa shape index (κ1) is 12.9. The number of benzene rings is 1. The van der Waals surface area contributed by atoms with E-state index in [0.29, 0.717) is 12.3 Å². The van der Waals surface area contributed by atoms with Gasteiger partial charge < -0.3 is 16.2 Å². The Bertz CT molecular complexity index is 343. The van der Waals surface area contributed by atoms with Crippen molar-refractivity contribution in [2.45, 2.75) is 25.9 Å². The highest BCUT2D eigenvalue weighted by Gasteiger charge is 2.09. The maximum Gasteiger partial charge on any atom is 0.272 e. The molecule has 0 amide bonds. The van der Waals surface area contributed by atoms with Gasteiger partial charge in [-0.25, -0.2) is 8.78 Å². The van der Waals surface area contributed by atoms with E-state index in [9.17, 15) is 8.78 Å². The van der Waals surface area contributed by atoms with Crippen LogP contribution in [-0.2, 0) is 6.54 Å². The largest absolute Gasteiger partial charge is 0.488 e. The fourth-order valence-corrected chi connectivity index (χ4v) is 1.43. The Hall–Kier alpha value is -1.20. The zero-order chi connectivity index (χ0) is 12.1. The molecule has 0 bridgehead atoms. The second-order valence-corrected chi connectivity index (χ2v) is 3.56. The molecule has 16 heavy (non-hydrogen) atoms. The van der Waals surface area contributed by atoms with Crippen molar-refractivity contribution in [3.05, 3.63) is 29.3 Å². The summed E-state index contributed by atoms with van der Waals surface area (Å²) in [5, 5.41) is 0. The van der Waals surface area contributed by atoms with Gasteiger partial charge in [-0.15, -0.1) is 0 Å². The molecule has 0 aliphatic heterocycles. The van der Waals surface area contributed by atoms with E-state index in [1.54, 1.807) is 18.2 Å². The van der Waals surface area contributed by atoms with Crippen LogP contribution < -0.4 is 16.2 Å². The van der Waals surface area contributed by atoms with Gasteiger partial charge in [0.05, 0.1) is 0 Å². The summed E-state index contributed by atoms with van der Waals surface area (Å²) in [6, 6.07) is 4.83. The molecule has 0 radical (unpaired) electrons. The summed E-state index contributed by atoms with van der Waals surface area (Å²) >= 11 is 0. The normalized spacial score (nSPS) is 12.9. The molecular formula is C11H16F2N2O. The van der Waals surface area contributed by atoms with Gasteiger partial charge in [-0.3, -0.25) is 0 Å². The molecule has 0 saturated heterocycles. The highest BCUT2D eigenvalue weighted by molar-refractivity contribution is 5.37. The summed E-state index contributed by atoms with van der Waals surface area (Å²) in [5.41, 5.74) is 13.0. The fourth-order valence-electron chi connectivity index (χ4n) is 1.43. The molecule has 0 heterocycles. The third-order valence-corrected chi connectivity index (χ3v) is 2.20. The Balaban J connectivity index is 2.85. The van der Waals surface area contributed by atoms with Crippen molar-refractivity contribution in [2.24, 2.45) is 11.5 Å². The van der Waals surface area contributed by atoms with E-state index in [1.807, 2.05) is 6.92 Å². The van der Waals surface area contributed by atoms with Gasteiger partial charge in [0.1, 0.15) is 12.4 Å². The molecular weight excluding hydrogens is 214 g/mol. The highest BCUT2D eigenvalue weighted by atomic mass is 19.3. The van der Waals surface area contributed by atoms with E-state index in [1.165, 1.54) is 0 Å². The molecule has 1 unspecified atom stereocenters. The number of hydrogen-bond acceptors (Lipinski definition) is 3. The predicted molar refractivity (Wildman–Crippen MR) is 58.4 cm³/mol. The van der Waals surface area contributed by atoms with Gasteiger partial charge in [-0.2, -0.15) is 0 Å². The van der Waals surface area contributed by atoms with E-state index in [4.69, 9.17) is 16.2 Å². The van der Waals surface area contributed by atoms with Gasteiger partial charge in [0.25, 0.3) is 6.43 Å². The lowest BCUT2D eigenvalue weighted by Gasteiger charge is -2.14. The highest BCUT2D eigenvalue weighted by Crippen LogP contribution is 2.22. The smallest absolute Gasteiger partial charge is 0.272 e. The molecule has 4 N–H and O–H groups in total. The maximum atomic E-state index is 12.0. The SMILES string of the molecule is CC(N)c1cc(OCC(F)F)ccc1CN. The third-order valence-electron chi connectivity index (χ3n) is 2.20. The van der Waals surface area contributed by atoms with Gasteiger partial charge >= 0.3 is 0 Å². The first-order chi connectivity index (χ1) is 7.54. The van der Waals surface area contributed by atoms with Crippen LogP contribution >= 0.6 is 0 Å². The van der Waals surface area contributed by atoms with Crippen LogP contribution in [0.1, 0.15) is 24.1 Å². The quantitative estimate of drug-likeness (QED) is 0.811. The lowest BCUT2D eigenvalue weighted by molar-refractivity contribution is 0.0818. The lowest BCUT2D eigenvalue weighted by atomic mass is 10.0. The summed E-state index contributed by atoms with van der Waals surface area (Å²) in [5.74, 6) is 0.393. The van der Waals surface area contributed by atoms with Gasteiger partial charge in [-0.1, -0.05) is 6.07 Å². The average molecular weight is 230 g/mol.